The van der Waals surface area contributed by atoms with Gasteiger partial charge in [-0.1, -0.05) is 12.1 Å². The van der Waals surface area contributed by atoms with Gasteiger partial charge in [-0.05, 0) is 17.7 Å². The Bertz CT molecular complexity index is 540. The van der Waals surface area contributed by atoms with Crippen molar-refractivity contribution in [3.05, 3.63) is 35.4 Å². The molecule has 8 heteroatoms. The van der Waals surface area contributed by atoms with Crippen LogP contribution in [0.15, 0.2) is 24.3 Å². The van der Waals surface area contributed by atoms with Crippen LogP contribution in [0.4, 0.5) is 0 Å². The minimum atomic E-state index is -3.64. The minimum Gasteiger partial charge on any atom is -0.478 e. The number of sulfonamides is 1. The van der Waals surface area contributed by atoms with Crippen molar-refractivity contribution in [1.29, 1.82) is 0 Å². The normalized spacial score (nSPS) is 13.1. The summed E-state index contributed by atoms with van der Waals surface area (Å²) >= 11 is 0. The van der Waals surface area contributed by atoms with Gasteiger partial charge in [0, 0.05) is 7.11 Å². The van der Waals surface area contributed by atoms with Crippen molar-refractivity contribution >= 4 is 16.0 Å². The highest BCUT2D eigenvalue weighted by atomic mass is 32.2. The molecule has 3 N–H and O–H groups in total. The van der Waals surface area contributed by atoms with Gasteiger partial charge >= 0.3 is 5.97 Å². The topological polar surface area (TPSA) is 113 Å². The zero-order valence-corrected chi connectivity index (χ0v) is 11.8. The molecule has 0 aliphatic heterocycles. The Hall–Kier alpha value is -1.48. The van der Waals surface area contributed by atoms with E-state index >= 15 is 0 Å². The summed E-state index contributed by atoms with van der Waals surface area (Å²) in [5, 5.41) is 17.8. The Labute approximate surface area is 117 Å². The molecule has 0 aliphatic carbocycles. The highest BCUT2D eigenvalue weighted by Crippen LogP contribution is 2.08. The second kappa shape index (κ2) is 7.34. The van der Waals surface area contributed by atoms with Crippen LogP contribution in [0, 0.1) is 0 Å². The van der Waals surface area contributed by atoms with E-state index in [9.17, 15) is 13.2 Å². The van der Waals surface area contributed by atoms with Gasteiger partial charge in [0.1, 0.15) is 0 Å². The molecule has 0 heterocycles. The van der Waals surface area contributed by atoms with Gasteiger partial charge in [0.25, 0.3) is 0 Å². The summed E-state index contributed by atoms with van der Waals surface area (Å²) < 4.78 is 30.8. The van der Waals surface area contributed by atoms with Gasteiger partial charge in [-0.3, -0.25) is 0 Å². The fourth-order valence-corrected chi connectivity index (χ4v) is 2.95. The molecule has 7 nitrogen and oxygen atoms in total. The maximum Gasteiger partial charge on any atom is 0.335 e. The molecule has 1 rings (SSSR count). The lowest BCUT2D eigenvalue weighted by Gasteiger charge is -2.15. The number of carboxylic acids is 1. The summed E-state index contributed by atoms with van der Waals surface area (Å²) in [5.74, 6) is -1.37. The van der Waals surface area contributed by atoms with Crippen LogP contribution in [0.3, 0.4) is 0 Å². The third-order valence-electron chi connectivity index (χ3n) is 2.49. The van der Waals surface area contributed by atoms with E-state index in [-0.39, 0.29) is 24.5 Å². The zero-order chi connectivity index (χ0) is 15.2. The molecule has 1 aromatic rings. The third kappa shape index (κ3) is 5.25. The number of carboxylic acid groups (broad SMARTS) is 1. The number of rotatable bonds is 8. The average molecular weight is 303 g/mol. The van der Waals surface area contributed by atoms with E-state index in [1.807, 2.05) is 0 Å². The van der Waals surface area contributed by atoms with Crippen LogP contribution in [0.2, 0.25) is 0 Å². The van der Waals surface area contributed by atoms with Crippen LogP contribution in [0.25, 0.3) is 0 Å². The Balaban J connectivity index is 2.72. The Kier molecular flexibility index (Phi) is 6.08. The van der Waals surface area contributed by atoms with Gasteiger partial charge < -0.3 is 14.9 Å². The van der Waals surface area contributed by atoms with Crippen LogP contribution in [-0.4, -0.2) is 51.0 Å². The first kappa shape index (κ1) is 16.6. The highest BCUT2D eigenvalue weighted by Gasteiger charge is 2.18. The van der Waals surface area contributed by atoms with Crippen LogP contribution < -0.4 is 4.72 Å². The molecule has 0 bridgehead atoms. The van der Waals surface area contributed by atoms with Crippen molar-refractivity contribution in [1.82, 2.24) is 4.72 Å². The van der Waals surface area contributed by atoms with E-state index in [0.29, 0.717) is 5.56 Å². The number of methoxy groups -OCH3 is 1. The molecule has 0 radical (unpaired) electrons. The predicted octanol–water partition coefficient (Wildman–Crippen LogP) is -0.188. The fraction of sp³-hybridized carbons (Fsp3) is 0.417. The molecule has 0 fully saturated rings. The summed E-state index contributed by atoms with van der Waals surface area (Å²) in [5.41, 5.74) is 0.545. The van der Waals surface area contributed by atoms with Crippen molar-refractivity contribution in [2.24, 2.45) is 0 Å². The summed E-state index contributed by atoms with van der Waals surface area (Å²) in [4.78, 5) is 10.7. The molecule has 20 heavy (non-hydrogen) atoms. The highest BCUT2D eigenvalue weighted by molar-refractivity contribution is 7.88. The molecule has 1 aromatic carbocycles. The monoisotopic (exact) mass is 303 g/mol. The summed E-state index contributed by atoms with van der Waals surface area (Å²) in [6.07, 6.45) is 0. The van der Waals surface area contributed by atoms with E-state index in [4.69, 9.17) is 14.9 Å². The standard InChI is InChI=1S/C12H17NO6S/c1-19-7-11(6-14)13-20(17,18)8-9-2-4-10(5-3-9)12(15)16/h2-5,11,13-14H,6-8H2,1H3,(H,15,16). The lowest BCUT2D eigenvalue weighted by Crippen LogP contribution is -2.41. The first-order valence-corrected chi connectivity index (χ1v) is 7.45. The van der Waals surface area contributed by atoms with Gasteiger partial charge in [0.05, 0.1) is 30.6 Å². The van der Waals surface area contributed by atoms with E-state index in [1.54, 1.807) is 0 Å². The molecule has 1 unspecified atom stereocenters. The molecule has 0 aromatic heterocycles. The maximum absolute atomic E-state index is 11.9. The van der Waals surface area contributed by atoms with Gasteiger partial charge in [0.2, 0.25) is 10.0 Å². The fourth-order valence-electron chi connectivity index (χ4n) is 1.58. The largest absolute Gasteiger partial charge is 0.478 e. The molecule has 112 valence electrons. The quantitative estimate of drug-likeness (QED) is 0.613. The van der Waals surface area contributed by atoms with Gasteiger partial charge in [-0.15, -0.1) is 0 Å². The number of carbonyl (C=O) groups is 1. The summed E-state index contributed by atoms with van der Waals surface area (Å²) in [7, 11) is -2.23. The van der Waals surface area contributed by atoms with Crippen LogP contribution in [0.5, 0.6) is 0 Å². The molecule has 0 spiro atoms. The van der Waals surface area contributed by atoms with Gasteiger partial charge in [0.15, 0.2) is 0 Å². The van der Waals surface area contributed by atoms with E-state index in [1.165, 1.54) is 31.4 Å². The van der Waals surface area contributed by atoms with Gasteiger partial charge in [-0.2, -0.15) is 0 Å². The first-order chi connectivity index (χ1) is 9.38. The number of benzene rings is 1. The Morgan fingerprint density at radius 2 is 1.95 bits per heavy atom. The molecular weight excluding hydrogens is 286 g/mol. The van der Waals surface area contributed by atoms with Crippen LogP contribution in [-0.2, 0) is 20.5 Å². The van der Waals surface area contributed by atoms with Crippen LogP contribution in [0.1, 0.15) is 15.9 Å². The van der Waals surface area contributed by atoms with Crippen molar-refractivity contribution in [2.75, 3.05) is 20.3 Å². The Morgan fingerprint density at radius 3 is 2.40 bits per heavy atom. The number of ether oxygens (including phenoxy) is 1. The van der Waals surface area contributed by atoms with Crippen molar-refractivity contribution in [2.45, 2.75) is 11.8 Å². The minimum absolute atomic E-state index is 0.0632. The van der Waals surface area contributed by atoms with E-state index < -0.39 is 22.0 Å². The number of hydrogen-bond donors (Lipinski definition) is 3. The summed E-state index contributed by atoms with van der Waals surface area (Å²) in [6, 6.07) is 4.85. The molecule has 1 atom stereocenters. The van der Waals surface area contributed by atoms with Crippen molar-refractivity contribution < 1.29 is 28.2 Å². The SMILES string of the molecule is COCC(CO)NS(=O)(=O)Cc1ccc(C(=O)O)cc1. The number of aliphatic hydroxyl groups is 1. The Morgan fingerprint density at radius 1 is 1.35 bits per heavy atom. The molecular formula is C12H17NO6S. The zero-order valence-electron chi connectivity index (χ0n) is 10.9. The van der Waals surface area contributed by atoms with E-state index in [0.717, 1.165) is 0 Å². The second-order valence-electron chi connectivity index (χ2n) is 4.21. The first-order valence-electron chi connectivity index (χ1n) is 5.80. The third-order valence-corrected chi connectivity index (χ3v) is 3.90. The van der Waals surface area contributed by atoms with Crippen molar-refractivity contribution in [3.8, 4) is 0 Å². The lowest BCUT2D eigenvalue weighted by atomic mass is 10.1. The van der Waals surface area contributed by atoms with Crippen molar-refractivity contribution in [3.63, 3.8) is 0 Å². The smallest absolute Gasteiger partial charge is 0.335 e. The molecule has 0 aliphatic rings. The van der Waals surface area contributed by atoms with Crippen LogP contribution >= 0.6 is 0 Å². The maximum atomic E-state index is 11.9. The number of nitrogens with one attached hydrogen (secondary N) is 1. The average Bonchev–Trinajstić information content (AvgIpc) is 2.38. The van der Waals surface area contributed by atoms with Gasteiger partial charge in [-0.25, -0.2) is 17.9 Å². The number of aromatic carboxylic acids is 1. The molecule has 0 saturated carbocycles. The van der Waals surface area contributed by atoms with E-state index in [2.05, 4.69) is 4.72 Å². The number of aliphatic hydroxyl groups excluding tert-OH is 1. The molecule has 0 saturated heterocycles. The predicted molar refractivity (Wildman–Crippen MR) is 71.9 cm³/mol. The number of hydrogen-bond acceptors (Lipinski definition) is 5. The second-order valence-corrected chi connectivity index (χ2v) is 5.97. The molecule has 0 amide bonds. The lowest BCUT2D eigenvalue weighted by molar-refractivity contribution is 0.0697. The summed E-state index contributed by atoms with van der Waals surface area (Å²) in [6.45, 7) is -0.307.